The van der Waals surface area contributed by atoms with Crippen molar-refractivity contribution in [2.24, 2.45) is 0 Å². The fourth-order valence-corrected chi connectivity index (χ4v) is 8.83. The van der Waals surface area contributed by atoms with Gasteiger partial charge in [-0.2, -0.15) is 0 Å². The maximum absolute atomic E-state index is 10.7. The Morgan fingerprint density at radius 2 is 1.03 bits per heavy atom. The summed E-state index contributed by atoms with van der Waals surface area (Å²) in [7, 11) is 2.96. The van der Waals surface area contributed by atoms with Gasteiger partial charge in [0.05, 0.1) is 53.1 Å². The lowest BCUT2D eigenvalue weighted by atomic mass is 9.96. The summed E-state index contributed by atoms with van der Waals surface area (Å²) in [6.07, 6.45) is -28.6. The maximum Gasteiger partial charge on any atom is 0.222 e. The molecule has 39 heteroatoms. The number of aliphatic hydroxyl groups is 18. The van der Waals surface area contributed by atoms with Crippen LogP contribution in [0.2, 0.25) is 0 Å². The zero-order valence-electron chi connectivity index (χ0n) is 47.8. The van der Waals surface area contributed by atoms with Crippen LogP contribution < -0.4 is 0 Å². The Labute approximate surface area is 503 Å². The van der Waals surface area contributed by atoms with Gasteiger partial charge in [0.1, 0.15) is 141 Å². The molecule has 0 radical (unpaired) electrons. The largest absolute Gasteiger partial charge is 0.462 e. The van der Waals surface area contributed by atoms with Crippen molar-refractivity contribution >= 4 is 18.4 Å². The molecule has 26 N–H and O–H groups in total. The molecule has 2 aromatic heterocycles. The van der Waals surface area contributed by atoms with E-state index in [9.17, 15) is 74.9 Å². The van der Waals surface area contributed by atoms with Gasteiger partial charge in [0.2, 0.25) is 12.1 Å². The minimum atomic E-state index is -1.85. The van der Waals surface area contributed by atoms with E-state index in [0.717, 1.165) is 0 Å². The highest BCUT2D eigenvalue weighted by Crippen LogP contribution is 2.33. The zero-order chi connectivity index (χ0) is 64.1. The first-order valence-corrected chi connectivity index (χ1v) is 26.1. The lowest BCUT2D eigenvalue weighted by molar-refractivity contribution is -0.379. The van der Waals surface area contributed by atoms with E-state index in [1.54, 1.807) is 24.3 Å². The third kappa shape index (κ3) is 21.7. The van der Waals surface area contributed by atoms with Gasteiger partial charge >= 0.3 is 0 Å². The normalized spacial score (nSPS) is 39.7. The summed E-state index contributed by atoms with van der Waals surface area (Å²) >= 11 is 0. The molecule has 0 aromatic carbocycles. The average molecular weight is 1310 g/mol. The van der Waals surface area contributed by atoms with Crippen LogP contribution in [-0.2, 0) is 79.2 Å². The predicted octanol–water partition coefficient (Wildman–Crippen LogP) is -12.2. The second-order valence-corrected chi connectivity index (χ2v) is 19.1. The molecule has 0 aliphatic carbocycles. The number of hydrogen-bond donors (Lipinski definition) is 18. The Kier molecular flexibility index (Phi) is 38.0. The van der Waals surface area contributed by atoms with Gasteiger partial charge in [0.15, 0.2) is 55.5 Å². The third-order valence-electron chi connectivity index (χ3n) is 13.5. The maximum atomic E-state index is 10.7. The average Bonchev–Trinajstić information content (AvgIpc) is 3.03. The number of alkyl halides is 1. The van der Waals surface area contributed by atoms with Crippen LogP contribution in [0.15, 0.2) is 51.5 Å². The van der Waals surface area contributed by atoms with E-state index in [0.29, 0.717) is 37.9 Å². The fraction of sp³-hybridized carbons (Fsp3) is 0.740. The Balaban J connectivity index is 0.000000606. The van der Waals surface area contributed by atoms with E-state index < -0.39 is 186 Å². The Hall–Kier alpha value is -4.08. The van der Waals surface area contributed by atoms with Crippen molar-refractivity contribution in [2.75, 3.05) is 61.0 Å². The van der Waals surface area contributed by atoms with Gasteiger partial charge in [-0.05, 0) is 36.4 Å². The molecule has 7 fully saturated rings. The summed E-state index contributed by atoms with van der Waals surface area (Å²) < 4.78 is 80.7. The number of furan rings is 2. The molecule has 7 saturated heterocycles. The molecule has 8 aliphatic rings. The number of ether oxygens (including phenoxy) is 12. The minimum Gasteiger partial charge on any atom is -0.462 e. The van der Waals surface area contributed by atoms with Gasteiger partial charge < -0.3 is 174 Å². The van der Waals surface area contributed by atoms with Crippen LogP contribution in [0.5, 0.6) is 0 Å². The Morgan fingerprint density at radius 3 is 1.47 bits per heavy atom. The van der Waals surface area contributed by atoms with E-state index in [4.69, 9.17) is 92.3 Å². The van der Waals surface area contributed by atoms with Crippen LogP contribution in [-0.4, -0.2) is 343 Å². The van der Waals surface area contributed by atoms with Crippen LogP contribution in [0.3, 0.4) is 0 Å². The zero-order valence-corrected chi connectivity index (χ0v) is 47.8. The van der Waals surface area contributed by atoms with Crippen molar-refractivity contribution in [1.82, 2.24) is 0 Å². The summed E-state index contributed by atoms with van der Waals surface area (Å²) in [5, 5.41) is 172. The van der Waals surface area contributed by atoms with Crippen molar-refractivity contribution < 1.29 is 193 Å². The van der Waals surface area contributed by atoms with Crippen molar-refractivity contribution in [3.05, 3.63) is 60.0 Å². The standard InChI is InChI=1S/C20H36O16.C6H12O6.C6H10O5.2C6H6O3.C5H4O2.CH3F.3H2O/c1-30-15-6(3-21)33-19(13(28)9(15)24)36-17-8(5-23)34-20(14(29)11(17)26)35-16-7(4-22)32-18(31-2)12(27)10(16)25;7-1-2-3(8)4(9)5(10)6(11)12-2;7-3-2-1-10-6(11-2)5(9)4(3)8;7-5-2-1-4-3-8-6(5)9-4;7-3-5-1-2-6(4-8)9-5;6-4-5-2-1-3-7-5;1-2;;;/h6-29H,3-5H2,1-2H3;2-11H,1H2;2-9H,1H2;1-2,4,6H,3H2;1-3,8H,4H2;1-4H;1H3;3*1H2/p+2/t6?,7?,8?,9-,10-,11?,12?,13?,14-,15-,16-,17+,18-,19+,20-;;;;;;;;;/m1........./s1. The molecule has 89 heavy (non-hydrogen) atoms. The second kappa shape index (κ2) is 40.8. The molecule has 18 unspecified atom stereocenters. The molecule has 0 amide bonds. The number of rotatable bonds is 13. The molecular formula is C50H85FO38+2. The quantitative estimate of drug-likeness (QED) is 0.0654. The summed E-state index contributed by atoms with van der Waals surface area (Å²) in [6.45, 7) is -1.96. The molecule has 10 rings (SSSR count). The molecular weight excluding hydrogens is 1230 g/mol. The van der Waals surface area contributed by atoms with Gasteiger partial charge in [0.25, 0.3) is 0 Å². The van der Waals surface area contributed by atoms with Crippen LogP contribution >= 0.6 is 0 Å². The van der Waals surface area contributed by atoms with Gasteiger partial charge in [-0.3, -0.25) is 18.8 Å². The third-order valence-corrected chi connectivity index (χ3v) is 13.5. The molecule has 0 saturated carbocycles. The number of carbonyl (C=O) groups excluding carboxylic acids is 3. The number of carbonyl (C=O) groups is 3. The number of halogens is 1. The van der Waals surface area contributed by atoms with Crippen molar-refractivity contribution in [3.63, 3.8) is 0 Å². The first-order valence-electron chi connectivity index (χ1n) is 26.1. The lowest BCUT2D eigenvalue weighted by Crippen LogP contribution is -2.66. The van der Waals surface area contributed by atoms with Crippen molar-refractivity contribution in [2.45, 2.75) is 173 Å². The van der Waals surface area contributed by atoms with E-state index >= 15 is 0 Å². The molecule has 38 nitrogen and oxygen atoms in total. The molecule has 8 aliphatic heterocycles. The molecule has 0 spiro atoms. The van der Waals surface area contributed by atoms with E-state index in [1.165, 1.54) is 32.6 Å². The van der Waals surface area contributed by atoms with Gasteiger partial charge in [-0.15, -0.1) is 0 Å². The van der Waals surface area contributed by atoms with Gasteiger partial charge in [0, 0.05) is 14.2 Å². The van der Waals surface area contributed by atoms with E-state index in [2.05, 4.69) is 9.15 Å². The minimum absolute atomic E-state index is 0. The number of aliphatic hydroxyl groups excluding tert-OH is 18. The highest BCUT2D eigenvalue weighted by molar-refractivity contribution is 5.93. The number of ketones is 1. The smallest absolute Gasteiger partial charge is 0.222 e. The highest BCUT2D eigenvalue weighted by atomic mass is 19.1. The molecule has 2 aromatic rings. The summed E-state index contributed by atoms with van der Waals surface area (Å²) in [5.41, 5.74) is 0. The first-order chi connectivity index (χ1) is 41.1. The summed E-state index contributed by atoms with van der Waals surface area (Å²) in [5.74, 6) is 0.958. The van der Waals surface area contributed by atoms with Crippen LogP contribution in [0.25, 0.3) is 0 Å². The highest BCUT2D eigenvalue weighted by Gasteiger charge is 2.54. The molecule has 27 atom stereocenters. The molecule has 4 bridgehead atoms. The SMILES string of the molecule is CF.CO[C@@H]1OC(CO)[C@@H](O[C@H]2OC(CO)[C@H](O[C@@H]3OC(CO)[C@@H](OC)[C@H](O)C3O)C(O)[C@H]2O)[C@H](O)C1O.O.O=C1C=CC2COC1O2.O=Cc1ccc(CO)o1.O=Cc1ccco1.OC1C2COC(O2)C(O)C1O.OCC1OC(O)C(O)C(O)C1O.[OH3+].[OH3+]. The topological polar surface area (TPSA) is 650 Å². The van der Waals surface area contributed by atoms with Crippen LogP contribution in [0, 0.1) is 0 Å². The monoisotopic (exact) mass is 1310 g/mol. The number of aldehydes is 2. The Bertz CT molecular complexity index is 2220. The van der Waals surface area contributed by atoms with Crippen molar-refractivity contribution in [3.8, 4) is 0 Å². The first kappa shape index (κ1) is 82.9. The van der Waals surface area contributed by atoms with Crippen LogP contribution in [0.4, 0.5) is 4.39 Å². The second-order valence-electron chi connectivity index (χ2n) is 19.1. The van der Waals surface area contributed by atoms with Gasteiger partial charge in [-0.1, -0.05) is 0 Å². The predicted molar refractivity (Wildman–Crippen MR) is 283 cm³/mol. The summed E-state index contributed by atoms with van der Waals surface area (Å²) in [4.78, 5) is 30.4. The number of methoxy groups -OCH3 is 2. The lowest BCUT2D eigenvalue weighted by Gasteiger charge is -2.48. The molecule has 518 valence electrons. The van der Waals surface area contributed by atoms with E-state index in [-0.39, 0.29) is 47.3 Å². The van der Waals surface area contributed by atoms with Crippen molar-refractivity contribution in [1.29, 1.82) is 0 Å². The fourth-order valence-electron chi connectivity index (χ4n) is 8.83. The number of hydrogen-bond acceptors (Lipinski definition) is 35. The summed E-state index contributed by atoms with van der Waals surface area (Å²) in [6, 6.07) is 6.35. The van der Waals surface area contributed by atoms with Gasteiger partial charge in [-0.25, -0.2) is 0 Å². The Morgan fingerprint density at radius 1 is 0.528 bits per heavy atom. The number of fused-ring (bicyclic) bond motifs is 4. The van der Waals surface area contributed by atoms with Crippen LogP contribution in [0.1, 0.15) is 26.9 Å². The van der Waals surface area contributed by atoms with E-state index in [1.807, 2.05) is 0 Å². The molecule has 10 heterocycles.